The molecule has 0 spiro atoms. The molecule has 1 heterocycles. The highest BCUT2D eigenvalue weighted by Gasteiger charge is 2.22. The molecule has 0 amide bonds. The third-order valence-corrected chi connectivity index (χ3v) is 5.56. The zero-order valence-electron chi connectivity index (χ0n) is 9.87. The van der Waals surface area contributed by atoms with Crippen molar-refractivity contribution in [1.29, 1.82) is 0 Å². The van der Waals surface area contributed by atoms with Crippen LogP contribution in [0.15, 0.2) is 6.07 Å². The smallest absolute Gasteiger partial charge is 0.0392 e. The highest BCUT2D eigenvalue weighted by atomic mass is 32.1. The van der Waals surface area contributed by atoms with Crippen molar-refractivity contribution in [1.82, 2.24) is 0 Å². The van der Waals surface area contributed by atoms with E-state index in [1.54, 1.807) is 10.4 Å². The van der Waals surface area contributed by atoms with Crippen LogP contribution in [0.2, 0.25) is 0 Å². The second kappa shape index (κ2) is 4.50. The summed E-state index contributed by atoms with van der Waals surface area (Å²) in [5.74, 6) is 0.909. The molecule has 1 fully saturated rings. The Morgan fingerprint density at radius 2 is 2.06 bits per heavy atom. The lowest BCUT2D eigenvalue weighted by Gasteiger charge is -2.14. The van der Waals surface area contributed by atoms with Gasteiger partial charge in [0.1, 0.15) is 0 Å². The van der Waals surface area contributed by atoms with Crippen LogP contribution >= 0.6 is 11.3 Å². The molecule has 1 atom stereocenters. The van der Waals surface area contributed by atoms with Gasteiger partial charge in [0.25, 0.3) is 0 Å². The summed E-state index contributed by atoms with van der Waals surface area (Å²) in [4.78, 5) is 3.08. The van der Waals surface area contributed by atoms with Gasteiger partial charge < -0.3 is 5.73 Å². The van der Waals surface area contributed by atoms with Crippen molar-refractivity contribution >= 4 is 11.3 Å². The van der Waals surface area contributed by atoms with Crippen LogP contribution in [0, 0.1) is 5.92 Å². The molecule has 1 nitrogen and oxygen atoms in total. The topological polar surface area (TPSA) is 26.0 Å². The fraction of sp³-hybridized carbons (Fsp3) is 0.714. The Labute approximate surface area is 102 Å². The normalized spacial score (nSPS) is 22.6. The van der Waals surface area contributed by atoms with Crippen LogP contribution in [0.1, 0.15) is 59.9 Å². The summed E-state index contributed by atoms with van der Waals surface area (Å²) in [7, 11) is 0. The van der Waals surface area contributed by atoms with Crippen LogP contribution in [-0.2, 0) is 12.8 Å². The molecule has 1 aromatic heterocycles. The number of hydrogen-bond donors (Lipinski definition) is 1. The summed E-state index contributed by atoms with van der Waals surface area (Å²) in [6, 6.07) is 2.71. The zero-order valence-corrected chi connectivity index (χ0v) is 10.7. The van der Waals surface area contributed by atoms with E-state index >= 15 is 0 Å². The number of nitrogens with two attached hydrogens (primary N) is 1. The molecule has 16 heavy (non-hydrogen) atoms. The zero-order chi connectivity index (χ0) is 11.0. The average molecular weight is 235 g/mol. The molecule has 1 unspecified atom stereocenters. The maximum atomic E-state index is 6.35. The summed E-state index contributed by atoms with van der Waals surface area (Å²) < 4.78 is 0. The Balaban J connectivity index is 1.66. The van der Waals surface area contributed by atoms with E-state index in [-0.39, 0.29) is 0 Å². The van der Waals surface area contributed by atoms with E-state index in [0.717, 1.165) is 5.92 Å². The second-order valence-corrected chi connectivity index (χ2v) is 6.61. The third-order valence-electron chi connectivity index (χ3n) is 4.19. The SMILES string of the molecule is NC(CC1CCCC1)c1cc2c(s1)CCC2. The summed E-state index contributed by atoms with van der Waals surface area (Å²) in [5.41, 5.74) is 7.95. The lowest BCUT2D eigenvalue weighted by molar-refractivity contribution is 0.454. The van der Waals surface area contributed by atoms with Crippen LogP contribution in [-0.4, -0.2) is 0 Å². The van der Waals surface area contributed by atoms with Crippen molar-refractivity contribution < 1.29 is 0 Å². The van der Waals surface area contributed by atoms with Gasteiger partial charge in [0.05, 0.1) is 0 Å². The predicted octanol–water partition coefficient (Wildman–Crippen LogP) is 3.82. The fourth-order valence-corrected chi connectivity index (χ4v) is 4.53. The Kier molecular flexibility index (Phi) is 3.03. The summed E-state index contributed by atoms with van der Waals surface area (Å²) >= 11 is 1.99. The molecular formula is C14H21NS. The van der Waals surface area contributed by atoms with Crippen molar-refractivity contribution in [3.8, 4) is 0 Å². The van der Waals surface area contributed by atoms with E-state index in [9.17, 15) is 0 Å². The fourth-order valence-electron chi connectivity index (χ4n) is 3.26. The van der Waals surface area contributed by atoms with Gasteiger partial charge in [-0.05, 0) is 43.2 Å². The second-order valence-electron chi connectivity index (χ2n) is 5.44. The first-order valence-electron chi connectivity index (χ1n) is 6.70. The largest absolute Gasteiger partial charge is 0.323 e. The maximum Gasteiger partial charge on any atom is 0.0392 e. The Morgan fingerprint density at radius 1 is 1.25 bits per heavy atom. The first-order valence-corrected chi connectivity index (χ1v) is 7.51. The molecule has 88 valence electrons. The number of thiophene rings is 1. The van der Waals surface area contributed by atoms with Gasteiger partial charge in [-0.3, -0.25) is 0 Å². The molecule has 2 aliphatic rings. The molecule has 0 aromatic carbocycles. The predicted molar refractivity (Wildman–Crippen MR) is 69.8 cm³/mol. The lowest BCUT2D eigenvalue weighted by Crippen LogP contribution is -2.12. The minimum atomic E-state index is 0.318. The van der Waals surface area contributed by atoms with Gasteiger partial charge >= 0.3 is 0 Å². The Hall–Kier alpha value is -0.340. The number of hydrogen-bond acceptors (Lipinski definition) is 2. The molecule has 3 rings (SSSR count). The quantitative estimate of drug-likeness (QED) is 0.847. The van der Waals surface area contributed by atoms with E-state index in [1.807, 2.05) is 11.3 Å². The van der Waals surface area contributed by atoms with Crippen molar-refractivity contribution in [2.75, 3.05) is 0 Å². The molecule has 2 heteroatoms. The van der Waals surface area contributed by atoms with Crippen molar-refractivity contribution in [2.45, 2.75) is 57.4 Å². The molecule has 0 saturated heterocycles. The Morgan fingerprint density at radius 3 is 2.81 bits per heavy atom. The van der Waals surface area contributed by atoms with Crippen LogP contribution in [0.3, 0.4) is 0 Å². The minimum absolute atomic E-state index is 0.318. The average Bonchev–Trinajstić information content (AvgIpc) is 2.91. The minimum Gasteiger partial charge on any atom is -0.323 e. The van der Waals surface area contributed by atoms with Gasteiger partial charge in [-0.2, -0.15) is 0 Å². The van der Waals surface area contributed by atoms with Crippen LogP contribution in [0.4, 0.5) is 0 Å². The molecule has 0 radical (unpaired) electrons. The van der Waals surface area contributed by atoms with Gasteiger partial charge in [0, 0.05) is 15.8 Å². The summed E-state index contributed by atoms with van der Waals surface area (Å²) in [6.45, 7) is 0. The number of rotatable bonds is 3. The van der Waals surface area contributed by atoms with Gasteiger partial charge in [-0.1, -0.05) is 25.7 Å². The van der Waals surface area contributed by atoms with Crippen molar-refractivity contribution in [3.63, 3.8) is 0 Å². The van der Waals surface area contributed by atoms with Crippen LogP contribution in [0.25, 0.3) is 0 Å². The standard InChI is InChI=1S/C14H21NS/c15-12(8-10-4-1-2-5-10)14-9-11-6-3-7-13(11)16-14/h9-10,12H,1-8,15H2. The van der Waals surface area contributed by atoms with E-state index in [2.05, 4.69) is 6.07 Å². The van der Waals surface area contributed by atoms with E-state index in [0.29, 0.717) is 6.04 Å². The molecule has 2 aliphatic carbocycles. The summed E-state index contributed by atoms with van der Waals surface area (Å²) in [5, 5.41) is 0. The highest BCUT2D eigenvalue weighted by molar-refractivity contribution is 7.12. The number of aryl methyl sites for hydroxylation is 2. The van der Waals surface area contributed by atoms with Gasteiger partial charge in [0.15, 0.2) is 0 Å². The maximum absolute atomic E-state index is 6.35. The monoisotopic (exact) mass is 235 g/mol. The van der Waals surface area contributed by atoms with E-state index in [4.69, 9.17) is 5.73 Å². The molecule has 2 N–H and O–H groups in total. The van der Waals surface area contributed by atoms with Gasteiger partial charge in [-0.25, -0.2) is 0 Å². The molecule has 0 aliphatic heterocycles. The van der Waals surface area contributed by atoms with Gasteiger partial charge in [-0.15, -0.1) is 11.3 Å². The van der Waals surface area contributed by atoms with Crippen molar-refractivity contribution in [2.24, 2.45) is 11.7 Å². The third kappa shape index (κ3) is 2.05. The van der Waals surface area contributed by atoms with E-state index < -0.39 is 0 Å². The van der Waals surface area contributed by atoms with Crippen LogP contribution in [0.5, 0.6) is 0 Å². The molecular weight excluding hydrogens is 214 g/mol. The van der Waals surface area contributed by atoms with Crippen molar-refractivity contribution in [3.05, 3.63) is 21.4 Å². The Bertz CT molecular complexity index is 341. The summed E-state index contributed by atoms with van der Waals surface area (Å²) in [6.07, 6.45) is 10.9. The molecule has 1 saturated carbocycles. The highest BCUT2D eigenvalue weighted by Crippen LogP contribution is 2.37. The molecule has 1 aromatic rings. The number of fused-ring (bicyclic) bond motifs is 1. The van der Waals surface area contributed by atoms with Gasteiger partial charge in [0.2, 0.25) is 0 Å². The lowest BCUT2D eigenvalue weighted by atomic mass is 9.98. The molecule has 0 bridgehead atoms. The van der Waals surface area contributed by atoms with E-state index in [1.165, 1.54) is 56.2 Å². The first kappa shape index (κ1) is 10.8. The van der Waals surface area contributed by atoms with Crippen LogP contribution < -0.4 is 5.73 Å². The first-order chi connectivity index (χ1) is 7.83.